The van der Waals surface area contributed by atoms with Crippen LogP contribution in [0.15, 0.2) is 170 Å². The molecule has 0 aliphatic rings. The van der Waals surface area contributed by atoms with Crippen molar-refractivity contribution in [2.75, 3.05) is 0 Å². The Kier molecular flexibility index (Phi) is 6.39. The minimum Gasteiger partial charge on any atom is -0.277 e. The molecule has 0 unspecified atom stereocenters. The van der Waals surface area contributed by atoms with Crippen LogP contribution in [0.25, 0.3) is 103 Å². The Labute approximate surface area is 302 Å². The smallest absolute Gasteiger partial charge is 0.238 e. The Morgan fingerprint density at radius 2 is 1.04 bits per heavy atom. The zero-order valence-corrected chi connectivity index (χ0v) is 28.7. The van der Waals surface area contributed by atoms with Crippen LogP contribution >= 0.6 is 11.3 Å². The van der Waals surface area contributed by atoms with Crippen molar-refractivity contribution in [1.29, 1.82) is 0 Å². The molecule has 0 aliphatic carbocycles. The Hall–Kier alpha value is -6.69. The highest BCUT2D eigenvalue weighted by Gasteiger charge is 2.22. The normalized spacial score (nSPS) is 11.8. The SMILES string of the molecule is c1ccc(-c2nc(-c3ccc4ccccc4c3)nc(-n3c4cc5ccccc5cc4c4cccc(-c5cccc6sc7ccccc7c56)c43)n2)cc1. The number of nitrogens with zero attached hydrogens (tertiary/aromatic N) is 4. The molecule has 0 bridgehead atoms. The van der Waals surface area contributed by atoms with Crippen LogP contribution in [0.3, 0.4) is 0 Å². The van der Waals surface area contributed by atoms with Gasteiger partial charge in [0.05, 0.1) is 11.0 Å². The van der Waals surface area contributed by atoms with Crippen molar-refractivity contribution in [1.82, 2.24) is 19.5 Å². The molecular formula is C47H28N4S. The summed E-state index contributed by atoms with van der Waals surface area (Å²) in [6, 6.07) is 60.3. The van der Waals surface area contributed by atoms with Gasteiger partial charge in [0.25, 0.3) is 0 Å². The van der Waals surface area contributed by atoms with Gasteiger partial charge in [-0.05, 0) is 57.4 Å². The zero-order chi connectivity index (χ0) is 34.2. The molecule has 8 aromatic carbocycles. The molecule has 0 saturated carbocycles. The van der Waals surface area contributed by atoms with Gasteiger partial charge in [-0.1, -0.05) is 140 Å². The second-order valence-corrected chi connectivity index (χ2v) is 14.3. The maximum absolute atomic E-state index is 5.34. The Bertz CT molecular complexity index is 3190. The highest BCUT2D eigenvalue weighted by atomic mass is 32.1. The molecule has 11 rings (SSSR count). The van der Waals surface area contributed by atoms with E-state index in [1.807, 2.05) is 29.5 Å². The van der Waals surface area contributed by atoms with Crippen LogP contribution in [-0.4, -0.2) is 19.5 Å². The van der Waals surface area contributed by atoms with Crippen molar-refractivity contribution in [2.45, 2.75) is 0 Å². The topological polar surface area (TPSA) is 43.6 Å². The van der Waals surface area contributed by atoms with E-state index in [-0.39, 0.29) is 0 Å². The van der Waals surface area contributed by atoms with Crippen molar-refractivity contribution in [3.63, 3.8) is 0 Å². The molecule has 4 nitrogen and oxygen atoms in total. The summed E-state index contributed by atoms with van der Waals surface area (Å²) < 4.78 is 4.83. The summed E-state index contributed by atoms with van der Waals surface area (Å²) >= 11 is 1.84. The summed E-state index contributed by atoms with van der Waals surface area (Å²) in [6.45, 7) is 0. The fourth-order valence-electron chi connectivity index (χ4n) is 7.81. The number of rotatable bonds is 4. The highest BCUT2D eigenvalue weighted by molar-refractivity contribution is 7.25. The van der Waals surface area contributed by atoms with Crippen LogP contribution in [0, 0.1) is 0 Å². The van der Waals surface area contributed by atoms with Gasteiger partial charge < -0.3 is 0 Å². The van der Waals surface area contributed by atoms with Crippen LogP contribution in [-0.2, 0) is 0 Å². The Morgan fingerprint density at radius 1 is 0.404 bits per heavy atom. The third-order valence-corrected chi connectivity index (χ3v) is 11.3. The average Bonchev–Trinajstić information content (AvgIpc) is 3.75. The van der Waals surface area contributed by atoms with Gasteiger partial charge in [0, 0.05) is 47.6 Å². The predicted molar refractivity (Wildman–Crippen MR) is 218 cm³/mol. The van der Waals surface area contributed by atoms with Gasteiger partial charge >= 0.3 is 0 Å². The molecule has 242 valence electrons. The number of hydrogen-bond acceptors (Lipinski definition) is 4. The molecule has 3 aromatic heterocycles. The lowest BCUT2D eigenvalue weighted by Crippen LogP contribution is -2.07. The van der Waals surface area contributed by atoms with Crippen molar-refractivity contribution >= 4 is 74.9 Å². The highest BCUT2D eigenvalue weighted by Crippen LogP contribution is 2.44. The number of benzene rings is 8. The first-order valence-electron chi connectivity index (χ1n) is 17.4. The summed E-state index contributed by atoms with van der Waals surface area (Å²) in [5, 5.41) is 9.54. The lowest BCUT2D eigenvalue weighted by molar-refractivity contribution is 0.954. The lowest BCUT2D eigenvalue weighted by atomic mass is 9.97. The molecule has 0 spiro atoms. The number of aromatic nitrogens is 4. The van der Waals surface area contributed by atoms with Gasteiger partial charge in [0.1, 0.15) is 0 Å². The molecule has 52 heavy (non-hydrogen) atoms. The second-order valence-electron chi connectivity index (χ2n) is 13.2. The quantitative estimate of drug-likeness (QED) is 0.186. The molecule has 0 aliphatic heterocycles. The minimum absolute atomic E-state index is 0.585. The average molecular weight is 681 g/mol. The molecular weight excluding hydrogens is 653 g/mol. The molecule has 3 heterocycles. The van der Waals surface area contributed by atoms with Gasteiger partial charge in [-0.2, -0.15) is 9.97 Å². The summed E-state index contributed by atoms with van der Waals surface area (Å²) in [4.78, 5) is 15.7. The van der Waals surface area contributed by atoms with Crippen LogP contribution in [0.2, 0.25) is 0 Å². The Morgan fingerprint density at radius 3 is 1.88 bits per heavy atom. The van der Waals surface area contributed by atoms with Crippen LogP contribution in [0.4, 0.5) is 0 Å². The van der Waals surface area contributed by atoms with Gasteiger partial charge in [-0.15, -0.1) is 11.3 Å². The monoisotopic (exact) mass is 680 g/mol. The number of thiophene rings is 1. The molecule has 0 atom stereocenters. The van der Waals surface area contributed by atoms with Gasteiger partial charge in [-0.3, -0.25) is 4.57 Å². The van der Waals surface area contributed by atoms with E-state index in [9.17, 15) is 0 Å². The molecule has 0 amide bonds. The third-order valence-electron chi connectivity index (χ3n) is 10.2. The van der Waals surface area contributed by atoms with Gasteiger partial charge in [0.15, 0.2) is 11.6 Å². The van der Waals surface area contributed by atoms with Crippen molar-refractivity contribution in [3.05, 3.63) is 170 Å². The van der Waals surface area contributed by atoms with E-state index in [1.165, 1.54) is 41.9 Å². The van der Waals surface area contributed by atoms with Crippen LogP contribution in [0.5, 0.6) is 0 Å². The summed E-state index contributed by atoms with van der Waals surface area (Å²) in [5.74, 6) is 1.85. The van der Waals surface area contributed by atoms with E-state index in [0.29, 0.717) is 17.6 Å². The molecule has 0 saturated heterocycles. The van der Waals surface area contributed by atoms with Crippen LogP contribution < -0.4 is 0 Å². The summed E-state index contributed by atoms with van der Waals surface area (Å²) in [6.07, 6.45) is 0. The fraction of sp³-hybridized carbons (Fsp3) is 0. The number of fused-ring (bicyclic) bond motifs is 8. The first kappa shape index (κ1) is 29.1. The van der Waals surface area contributed by atoms with E-state index in [4.69, 9.17) is 15.0 Å². The van der Waals surface area contributed by atoms with Gasteiger partial charge in [0.2, 0.25) is 5.95 Å². The predicted octanol–water partition coefficient (Wildman–Crippen LogP) is 12.6. The van der Waals surface area contributed by atoms with Crippen molar-refractivity contribution in [2.24, 2.45) is 0 Å². The third kappa shape index (κ3) is 4.50. The molecule has 11 aromatic rings. The minimum atomic E-state index is 0.585. The van der Waals surface area contributed by atoms with Crippen molar-refractivity contribution < 1.29 is 0 Å². The standard InChI is InChI=1S/C47H28N4S/c1-2-13-30(14-3-1)45-48-46(34-25-24-29-12-4-5-15-31(29)26-34)50-47(49-45)51-40-28-33-17-7-6-16-32(33)27-39(40)37-21-10-20-36(44(37)51)35-19-11-23-42-43(35)38-18-8-9-22-41(38)52-42/h1-28H. The first-order chi connectivity index (χ1) is 25.8. The molecule has 5 heteroatoms. The lowest BCUT2D eigenvalue weighted by Gasteiger charge is -2.14. The van der Waals surface area contributed by atoms with E-state index in [2.05, 4.69) is 156 Å². The zero-order valence-electron chi connectivity index (χ0n) is 27.9. The second kappa shape index (κ2) is 11.4. The number of hydrogen-bond donors (Lipinski definition) is 0. The molecule has 0 radical (unpaired) electrons. The van der Waals surface area contributed by atoms with Gasteiger partial charge in [-0.25, -0.2) is 4.98 Å². The summed E-state index contributed by atoms with van der Waals surface area (Å²) in [5.41, 5.74) is 6.35. The van der Waals surface area contributed by atoms with E-state index in [0.717, 1.165) is 43.9 Å². The largest absolute Gasteiger partial charge is 0.277 e. The summed E-state index contributed by atoms with van der Waals surface area (Å²) in [7, 11) is 0. The Balaban J connectivity index is 1.28. The maximum atomic E-state index is 5.34. The number of para-hydroxylation sites is 1. The van der Waals surface area contributed by atoms with E-state index < -0.39 is 0 Å². The first-order valence-corrected chi connectivity index (χ1v) is 18.3. The van der Waals surface area contributed by atoms with E-state index >= 15 is 0 Å². The fourth-order valence-corrected chi connectivity index (χ4v) is 8.95. The van der Waals surface area contributed by atoms with Crippen molar-refractivity contribution in [3.8, 4) is 39.9 Å². The maximum Gasteiger partial charge on any atom is 0.238 e. The van der Waals surface area contributed by atoms with E-state index in [1.54, 1.807) is 0 Å². The molecule has 0 N–H and O–H groups in total. The molecule has 0 fully saturated rings. The van der Waals surface area contributed by atoms with Crippen LogP contribution in [0.1, 0.15) is 0 Å².